The van der Waals surface area contributed by atoms with Crippen molar-refractivity contribution < 1.29 is 31.5 Å². The Kier molecular flexibility index (Phi) is 2.87. The lowest BCUT2D eigenvalue weighted by Crippen LogP contribution is -2.08. The van der Waals surface area contributed by atoms with Crippen LogP contribution in [0.15, 0.2) is 13.6 Å². The number of rotatable bonds is 2. The molecule has 0 fully saturated rings. The van der Waals surface area contributed by atoms with E-state index in [9.17, 15) is 22.8 Å². The van der Waals surface area contributed by atoms with Crippen LogP contribution in [0.3, 0.4) is 0 Å². The van der Waals surface area contributed by atoms with Crippen molar-refractivity contribution in [3.8, 4) is 0 Å². The predicted octanol–water partition coefficient (Wildman–Crippen LogP) is 1.31. The molecule has 8 heteroatoms. The molecule has 0 saturated heterocycles. The predicted molar refractivity (Wildman–Crippen MR) is 37.7 cm³/mol. The number of alkyl halides is 3. The molecule has 0 unspecified atom stereocenters. The molecule has 15 heavy (non-hydrogen) atoms. The van der Waals surface area contributed by atoms with Gasteiger partial charge in [0, 0.05) is 6.92 Å². The summed E-state index contributed by atoms with van der Waals surface area (Å²) < 4.78 is 48.5. The minimum atomic E-state index is -4.86. The first kappa shape index (κ1) is 11.3. The molecule has 0 spiro atoms. The van der Waals surface area contributed by atoms with Crippen molar-refractivity contribution in [2.75, 3.05) is 0 Å². The van der Waals surface area contributed by atoms with Crippen LogP contribution in [0.1, 0.15) is 18.4 Å². The lowest BCUT2D eigenvalue weighted by Gasteiger charge is -2.03. The van der Waals surface area contributed by atoms with Crippen LogP contribution in [0.5, 0.6) is 0 Å². The maximum atomic E-state index is 12.2. The zero-order valence-electron chi connectivity index (χ0n) is 7.38. The number of halogens is 3. The zero-order valence-corrected chi connectivity index (χ0v) is 7.38. The Morgan fingerprint density at radius 2 is 2.00 bits per heavy atom. The molecule has 0 amide bonds. The number of hydrogen-bond acceptors (Lipinski definition) is 5. The van der Waals surface area contributed by atoms with Crippen molar-refractivity contribution in [1.29, 1.82) is 0 Å². The zero-order chi connectivity index (χ0) is 11.6. The van der Waals surface area contributed by atoms with Crippen LogP contribution >= 0.6 is 0 Å². The first-order valence-electron chi connectivity index (χ1n) is 3.64. The largest absolute Gasteiger partial charge is 0.519 e. The molecule has 0 radical (unpaired) electrons. The molecule has 5 nitrogen and oxygen atoms in total. The Morgan fingerprint density at radius 3 is 2.47 bits per heavy atom. The third-order valence-corrected chi connectivity index (χ3v) is 1.31. The number of hydrogen-bond donors (Lipinski definition) is 0. The van der Waals surface area contributed by atoms with Gasteiger partial charge < -0.3 is 13.6 Å². The fourth-order valence-corrected chi connectivity index (χ4v) is 0.786. The van der Waals surface area contributed by atoms with E-state index in [-0.39, 0.29) is 0 Å². The molecule has 84 valence electrons. The van der Waals surface area contributed by atoms with Crippen LogP contribution in [-0.4, -0.2) is 5.97 Å². The second kappa shape index (κ2) is 3.79. The molecule has 0 aliphatic rings. The minimum absolute atomic E-state index is 0.796. The number of carbonyl (C=O) groups is 1. The van der Waals surface area contributed by atoms with Crippen LogP contribution in [0.2, 0.25) is 0 Å². The number of ether oxygens (including phenoxy) is 1. The minimum Gasteiger partial charge on any atom is -0.458 e. The summed E-state index contributed by atoms with van der Waals surface area (Å²) in [6, 6.07) is 0. The molecule has 0 saturated carbocycles. The molecule has 1 aromatic heterocycles. The molecule has 0 atom stereocenters. The van der Waals surface area contributed by atoms with E-state index >= 15 is 0 Å². The standard InChI is InChI=1S/C7H5F3O5/c1-3(11)13-2-4-5(7(8,9)10)15-6(12)14-4/h2H2,1H3. The fourth-order valence-electron chi connectivity index (χ4n) is 0.786. The van der Waals surface area contributed by atoms with Crippen LogP contribution in [0, 0.1) is 0 Å². The molecular formula is C7H5F3O5. The van der Waals surface area contributed by atoms with Crippen molar-refractivity contribution in [3.63, 3.8) is 0 Å². The first-order valence-corrected chi connectivity index (χ1v) is 3.64. The highest BCUT2D eigenvalue weighted by Crippen LogP contribution is 2.31. The van der Waals surface area contributed by atoms with Crippen molar-refractivity contribution in [1.82, 2.24) is 0 Å². The van der Waals surface area contributed by atoms with Gasteiger partial charge in [-0.3, -0.25) is 4.79 Å². The SMILES string of the molecule is CC(=O)OCc1oc(=O)oc1C(F)(F)F. The van der Waals surface area contributed by atoms with Crippen molar-refractivity contribution in [3.05, 3.63) is 22.1 Å². The number of esters is 1. The molecule has 1 aromatic rings. The van der Waals surface area contributed by atoms with E-state index in [4.69, 9.17) is 0 Å². The summed E-state index contributed by atoms with van der Waals surface area (Å²) in [4.78, 5) is 20.8. The van der Waals surface area contributed by atoms with Gasteiger partial charge in [-0.25, -0.2) is 4.79 Å². The van der Waals surface area contributed by atoms with Gasteiger partial charge in [0.1, 0.15) is 0 Å². The van der Waals surface area contributed by atoms with E-state index < -0.39 is 36.1 Å². The summed E-state index contributed by atoms with van der Waals surface area (Å²) in [5.41, 5.74) is 0. The van der Waals surface area contributed by atoms with E-state index in [0.29, 0.717) is 0 Å². The van der Waals surface area contributed by atoms with Gasteiger partial charge in [-0.1, -0.05) is 0 Å². The van der Waals surface area contributed by atoms with E-state index in [2.05, 4.69) is 13.6 Å². The van der Waals surface area contributed by atoms with Crippen LogP contribution < -0.4 is 5.82 Å². The Balaban J connectivity index is 2.97. The average molecular weight is 226 g/mol. The van der Waals surface area contributed by atoms with Gasteiger partial charge >= 0.3 is 18.0 Å². The number of carbonyl (C=O) groups excluding carboxylic acids is 1. The smallest absolute Gasteiger partial charge is 0.458 e. The summed E-state index contributed by atoms with van der Waals surface area (Å²) in [5, 5.41) is 0. The van der Waals surface area contributed by atoms with Gasteiger partial charge in [-0.2, -0.15) is 13.2 Å². The highest BCUT2D eigenvalue weighted by Gasteiger charge is 2.40. The second-order valence-corrected chi connectivity index (χ2v) is 2.48. The molecule has 0 N–H and O–H groups in total. The summed E-state index contributed by atoms with van der Waals surface area (Å²) >= 11 is 0. The van der Waals surface area contributed by atoms with Crippen molar-refractivity contribution in [2.45, 2.75) is 19.7 Å². The van der Waals surface area contributed by atoms with Crippen LogP contribution in [0.4, 0.5) is 13.2 Å². The Hall–Kier alpha value is -1.73. The Labute approximate surface area is 80.4 Å². The lowest BCUT2D eigenvalue weighted by molar-refractivity contribution is -0.156. The lowest BCUT2D eigenvalue weighted by atomic mass is 10.4. The topological polar surface area (TPSA) is 69.7 Å². The molecule has 1 heterocycles. The van der Waals surface area contributed by atoms with E-state index in [0.717, 1.165) is 6.92 Å². The van der Waals surface area contributed by atoms with Gasteiger partial charge in [0.15, 0.2) is 12.4 Å². The van der Waals surface area contributed by atoms with Gasteiger partial charge in [0.05, 0.1) is 0 Å². The third kappa shape index (κ3) is 2.86. The summed E-state index contributed by atoms with van der Waals surface area (Å²) in [7, 11) is 0. The molecule has 0 aromatic carbocycles. The van der Waals surface area contributed by atoms with Crippen LogP contribution in [-0.2, 0) is 22.3 Å². The molecule has 0 bridgehead atoms. The highest BCUT2D eigenvalue weighted by atomic mass is 19.4. The quantitative estimate of drug-likeness (QED) is 0.711. The van der Waals surface area contributed by atoms with Crippen molar-refractivity contribution >= 4 is 5.97 Å². The molecular weight excluding hydrogens is 221 g/mol. The monoisotopic (exact) mass is 226 g/mol. The molecule has 0 aliphatic heterocycles. The molecule has 0 aliphatic carbocycles. The molecule has 1 rings (SSSR count). The maximum Gasteiger partial charge on any atom is 0.519 e. The van der Waals surface area contributed by atoms with Gasteiger partial charge in [-0.05, 0) is 0 Å². The van der Waals surface area contributed by atoms with Gasteiger partial charge in [0.25, 0.3) is 5.76 Å². The first-order chi connectivity index (χ1) is 6.80. The maximum absolute atomic E-state index is 12.2. The van der Waals surface area contributed by atoms with Gasteiger partial charge in [-0.15, -0.1) is 0 Å². The van der Waals surface area contributed by atoms with Gasteiger partial charge in [0.2, 0.25) is 0 Å². The van der Waals surface area contributed by atoms with E-state index in [1.165, 1.54) is 0 Å². The average Bonchev–Trinajstić information content (AvgIpc) is 2.42. The third-order valence-electron chi connectivity index (χ3n) is 1.31. The van der Waals surface area contributed by atoms with Crippen molar-refractivity contribution in [2.24, 2.45) is 0 Å². The fraction of sp³-hybridized carbons (Fsp3) is 0.429. The normalized spacial score (nSPS) is 11.5. The highest BCUT2D eigenvalue weighted by molar-refractivity contribution is 5.65. The Morgan fingerprint density at radius 1 is 1.40 bits per heavy atom. The summed E-state index contributed by atoms with van der Waals surface area (Å²) in [6.07, 6.45) is -4.86. The van der Waals surface area contributed by atoms with E-state index in [1.54, 1.807) is 0 Å². The summed E-state index contributed by atoms with van der Waals surface area (Å²) in [6.45, 7) is 0.210. The summed E-state index contributed by atoms with van der Waals surface area (Å²) in [5.74, 6) is -4.74. The van der Waals surface area contributed by atoms with Crippen LogP contribution in [0.25, 0.3) is 0 Å². The Bertz CT molecular complexity index is 413. The van der Waals surface area contributed by atoms with E-state index in [1.807, 2.05) is 0 Å². The second-order valence-electron chi connectivity index (χ2n) is 2.48.